The first-order chi connectivity index (χ1) is 12.0. The van der Waals surface area contributed by atoms with Gasteiger partial charge >= 0.3 is 12.0 Å². The average Bonchev–Trinajstić information content (AvgIpc) is 2.62. The van der Waals surface area contributed by atoms with Gasteiger partial charge in [0, 0.05) is 18.8 Å². The van der Waals surface area contributed by atoms with Gasteiger partial charge in [0.2, 0.25) is 0 Å². The number of nitrogens with one attached hydrogen (secondary N) is 1. The van der Waals surface area contributed by atoms with Crippen molar-refractivity contribution in [2.24, 2.45) is 0 Å². The Bertz CT molecular complexity index is 709. The van der Waals surface area contributed by atoms with Crippen LogP contribution in [0.4, 0.5) is 10.5 Å². The highest BCUT2D eigenvalue weighted by Gasteiger charge is 2.17. The van der Waals surface area contributed by atoms with E-state index in [1.807, 2.05) is 62.4 Å². The van der Waals surface area contributed by atoms with Crippen molar-refractivity contribution in [1.29, 1.82) is 0 Å². The van der Waals surface area contributed by atoms with Gasteiger partial charge in [0.25, 0.3) is 0 Å². The van der Waals surface area contributed by atoms with Gasteiger partial charge in [-0.15, -0.1) is 0 Å². The first-order valence-electron chi connectivity index (χ1n) is 8.24. The molecule has 0 spiro atoms. The number of rotatable bonds is 6. The molecule has 0 unspecified atom stereocenters. The van der Waals surface area contributed by atoms with Gasteiger partial charge < -0.3 is 15.0 Å². The van der Waals surface area contributed by atoms with E-state index >= 15 is 0 Å². The lowest BCUT2D eigenvalue weighted by Crippen LogP contribution is -2.36. The van der Waals surface area contributed by atoms with E-state index in [-0.39, 0.29) is 18.4 Å². The molecule has 2 amide bonds. The Morgan fingerprint density at radius 3 is 2.24 bits per heavy atom. The standard InChI is InChI=1S/C20H24N2O3/c1-15-8-7-9-16(2)19(15)21-20(24)22(13-12-18(23)25-3)14-17-10-5-4-6-11-17/h4-11H,12-14H2,1-3H3,(H,21,24). The molecule has 0 fully saturated rings. The molecule has 25 heavy (non-hydrogen) atoms. The Kier molecular flexibility index (Phi) is 6.57. The predicted molar refractivity (Wildman–Crippen MR) is 98.4 cm³/mol. The first-order valence-corrected chi connectivity index (χ1v) is 8.24. The fourth-order valence-electron chi connectivity index (χ4n) is 2.58. The van der Waals surface area contributed by atoms with Crippen LogP contribution < -0.4 is 5.32 Å². The lowest BCUT2D eigenvalue weighted by Gasteiger charge is -2.24. The highest BCUT2D eigenvalue weighted by Crippen LogP contribution is 2.20. The van der Waals surface area contributed by atoms with Crippen molar-refractivity contribution in [2.75, 3.05) is 19.0 Å². The summed E-state index contributed by atoms with van der Waals surface area (Å²) in [5, 5.41) is 2.98. The number of methoxy groups -OCH3 is 1. The van der Waals surface area contributed by atoms with Gasteiger partial charge in [-0.2, -0.15) is 0 Å². The molecule has 0 atom stereocenters. The minimum atomic E-state index is -0.335. The van der Waals surface area contributed by atoms with Crippen molar-refractivity contribution < 1.29 is 14.3 Å². The highest BCUT2D eigenvalue weighted by molar-refractivity contribution is 5.91. The molecule has 1 N–H and O–H groups in total. The van der Waals surface area contributed by atoms with E-state index in [0.717, 1.165) is 22.4 Å². The van der Waals surface area contributed by atoms with Crippen LogP contribution in [-0.2, 0) is 16.1 Å². The molecule has 2 aromatic carbocycles. The number of amides is 2. The molecule has 0 aliphatic rings. The van der Waals surface area contributed by atoms with Crippen LogP contribution in [0.25, 0.3) is 0 Å². The number of carbonyl (C=O) groups excluding carboxylic acids is 2. The minimum absolute atomic E-state index is 0.156. The second kappa shape index (κ2) is 8.87. The van der Waals surface area contributed by atoms with Crippen LogP contribution in [0, 0.1) is 13.8 Å². The first kappa shape index (κ1) is 18.5. The maximum Gasteiger partial charge on any atom is 0.322 e. The topological polar surface area (TPSA) is 58.6 Å². The third-order valence-corrected chi connectivity index (χ3v) is 4.03. The Labute approximate surface area is 148 Å². The van der Waals surface area contributed by atoms with E-state index in [9.17, 15) is 9.59 Å². The van der Waals surface area contributed by atoms with E-state index < -0.39 is 0 Å². The van der Waals surface area contributed by atoms with Gasteiger partial charge in [0.05, 0.1) is 13.5 Å². The smallest absolute Gasteiger partial charge is 0.322 e. The lowest BCUT2D eigenvalue weighted by atomic mass is 10.1. The van der Waals surface area contributed by atoms with Gasteiger partial charge in [-0.1, -0.05) is 48.5 Å². The number of para-hydroxylation sites is 1. The van der Waals surface area contributed by atoms with E-state index in [0.29, 0.717) is 13.1 Å². The van der Waals surface area contributed by atoms with Gasteiger partial charge in [0.1, 0.15) is 0 Å². The van der Waals surface area contributed by atoms with Crippen LogP contribution in [0.5, 0.6) is 0 Å². The summed E-state index contributed by atoms with van der Waals surface area (Å²) in [5.41, 5.74) is 3.81. The molecule has 2 rings (SSSR count). The van der Waals surface area contributed by atoms with Gasteiger partial charge in [-0.25, -0.2) is 4.79 Å². The number of nitrogens with zero attached hydrogens (tertiary/aromatic N) is 1. The molecule has 0 bridgehead atoms. The summed E-state index contributed by atoms with van der Waals surface area (Å²) < 4.78 is 4.69. The van der Waals surface area contributed by atoms with E-state index in [1.165, 1.54) is 7.11 Å². The van der Waals surface area contributed by atoms with Crippen molar-refractivity contribution in [3.63, 3.8) is 0 Å². The lowest BCUT2D eigenvalue weighted by molar-refractivity contribution is -0.140. The third-order valence-electron chi connectivity index (χ3n) is 4.03. The summed E-state index contributed by atoms with van der Waals surface area (Å²) in [6.07, 6.45) is 0.156. The quantitative estimate of drug-likeness (QED) is 0.811. The van der Waals surface area contributed by atoms with Crippen LogP contribution in [0.3, 0.4) is 0 Å². The molecular formula is C20H24N2O3. The molecule has 132 valence electrons. The molecular weight excluding hydrogens is 316 g/mol. The van der Waals surface area contributed by atoms with Gasteiger partial charge in [0.15, 0.2) is 0 Å². The van der Waals surface area contributed by atoms with Gasteiger partial charge in [-0.3, -0.25) is 4.79 Å². The van der Waals surface area contributed by atoms with Crippen molar-refractivity contribution in [1.82, 2.24) is 4.90 Å². The van der Waals surface area contributed by atoms with E-state index in [2.05, 4.69) is 10.1 Å². The number of esters is 1. The maximum atomic E-state index is 12.8. The van der Waals surface area contributed by atoms with Crippen molar-refractivity contribution in [3.8, 4) is 0 Å². The molecule has 5 heteroatoms. The Balaban J connectivity index is 2.15. The number of anilines is 1. The number of urea groups is 1. The van der Waals surface area contributed by atoms with Crippen LogP contribution in [-0.4, -0.2) is 30.6 Å². The molecule has 2 aromatic rings. The van der Waals surface area contributed by atoms with E-state index in [1.54, 1.807) is 4.90 Å². The summed E-state index contributed by atoms with van der Waals surface area (Å²) >= 11 is 0. The second-order valence-electron chi connectivity index (χ2n) is 5.93. The maximum absolute atomic E-state index is 12.8. The average molecular weight is 340 g/mol. The fraction of sp³-hybridized carbons (Fsp3) is 0.300. The van der Waals surface area contributed by atoms with E-state index in [4.69, 9.17) is 0 Å². The Morgan fingerprint density at radius 1 is 1.00 bits per heavy atom. The molecule has 5 nitrogen and oxygen atoms in total. The summed E-state index contributed by atoms with van der Waals surface area (Å²) in [7, 11) is 1.35. The normalized spacial score (nSPS) is 10.2. The monoisotopic (exact) mass is 340 g/mol. The van der Waals surface area contributed by atoms with Crippen LogP contribution in [0.2, 0.25) is 0 Å². The number of benzene rings is 2. The largest absolute Gasteiger partial charge is 0.469 e. The number of hydrogen-bond donors (Lipinski definition) is 1. The summed E-state index contributed by atoms with van der Waals surface area (Å²) in [6, 6.07) is 15.3. The zero-order valence-electron chi connectivity index (χ0n) is 14.9. The van der Waals surface area contributed by atoms with Crippen molar-refractivity contribution >= 4 is 17.7 Å². The fourth-order valence-corrected chi connectivity index (χ4v) is 2.58. The molecule has 0 heterocycles. The number of aryl methyl sites for hydroxylation is 2. The zero-order valence-corrected chi connectivity index (χ0v) is 14.9. The predicted octanol–water partition coefficient (Wildman–Crippen LogP) is 3.90. The number of carbonyl (C=O) groups is 2. The molecule has 0 aliphatic carbocycles. The molecule has 0 saturated carbocycles. The third kappa shape index (κ3) is 5.35. The Morgan fingerprint density at radius 2 is 1.64 bits per heavy atom. The molecule has 0 saturated heterocycles. The molecule has 0 aliphatic heterocycles. The Hall–Kier alpha value is -2.82. The molecule has 0 radical (unpaired) electrons. The van der Waals surface area contributed by atoms with Crippen molar-refractivity contribution in [3.05, 3.63) is 65.2 Å². The second-order valence-corrected chi connectivity index (χ2v) is 5.93. The minimum Gasteiger partial charge on any atom is -0.469 e. The SMILES string of the molecule is COC(=O)CCN(Cc1ccccc1)C(=O)Nc1c(C)cccc1C. The number of hydrogen-bond acceptors (Lipinski definition) is 3. The zero-order chi connectivity index (χ0) is 18.2. The van der Waals surface area contributed by atoms with Crippen LogP contribution in [0.15, 0.2) is 48.5 Å². The summed E-state index contributed by atoms with van der Waals surface area (Å²) in [6.45, 7) is 4.63. The van der Waals surface area contributed by atoms with Crippen molar-refractivity contribution in [2.45, 2.75) is 26.8 Å². The van der Waals surface area contributed by atoms with Crippen LogP contribution >= 0.6 is 0 Å². The van der Waals surface area contributed by atoms with Crippen LogP contribution in [0.1, 0.15) is 23.1 Å². The highest BCUT2D eigenvalue weighted by atomic mass is 16.5. The molecule has 0 aromatic heterocycles. The summed E-state index contributed by atoms with van der Waals surface area (Å²) in [4.78, 5) is 25.9. The summed E-state index contributed by atoms with van der Waals surface area (Å²) in [5.74, 6) is -0.335. The van der Waals surface area contributed by atoms with Gasteiger partial charge in [-0.05, 0) is 30.5 Å². The number of ether oxygens (including phenoxy) is 1.